The van der Waals surface area contributed by atoms with Crippen molar-refractivity contribution in [2.24, 2.45) is 0 Å². The van der Waals surface area contributed by atoms with Crippen molar-refractivity contribution in [3.8, 4) is 0 Å². The lowest BCUT2D eigenvalue weighted by Crippen LogP contribution is -2.74. The van der Waals surface area contributed by atoms with Gasteiger partial charge in [-0.1, -0.05) is 126 Å². The Morgan fingerprint density at radius 1 is 0.393 bits per heavy atom. The monoisotopic (exact) mass is 397 g/mol. The third kappa shape index (κ3) is 4.06. The van der Waals surface area contributed by atoms with E-state index < -0.39 is 6.15 Å². The van der Waals surface area contributed by atoms with E-state index in [4.69, 9.17) is 0 Å². The van der Waals surface area contributed by atoms with E-state index in [0.29, 0.717) is 0 Å². The maximum Gasteiger partial charge on any atom is 0.346 e. The van der Waals surface area contributed by atoms with E-state index in [-0.39, 0.29) is 0 Å². The van der Waals surface area contributed by atoms with Crippen molar-refractivity contribution in [2.75, 3.05) is 0 Å². The molecule has 0 radical (unpaired) electrons. The van der Waals surface area contributed by atoms with Crippen LogP contribution in [-0.2, 0) is 0 Å². The van der Waals surface area contributed by atoms with Gasteiger partial charge in [-0.3, -0.25) is 0 Å². The van der Waals surface area contributed by atoms with E-state index in [0.717, 1.165) is 0 Å². The molecule has 0 saturated heterocycles. The molecule has 4 aromatic rings. The lowest BCUT2D eigenvalue weighted by atomic mass is 9.13. The summed E-state index contributed by atoms with van der Waals surface area (Å²) in [4.78, 5) is 0. The molecule has 4 heteroatoms. The fraction of sp³-hybridized carbons (Fsp3) is 0. The van der Waals surface area contributed by atoms with Gasteiger partial charge in [-0.15, -0.1) is 0 Å². The Balaban J connectivity index is 0.000000706. The van der Waals surface area contributed by atoms with Crippen molar-refractivity contribution in [3.63, 3.8) is 0 Å². The average Bonchev–Trinajstić information content (AvgIpc) is 2.78. The molecule has 0 saturated carbocycles. The highest BCUT2D eigenvalue weighted by Gasteiger charge is 2.30. The summed E-state index contributed by atoms with van der Waals surface area (Å²) in [7, 11) is 5.44. The lowest BCUT2D eigenvalue weighted by molar-refractivity contribution is 1.66. The molecule has 0 unspecified atom stereocenters. The first-order chi connectivity index (χ1) is 13.8. The molecule has 1 nitrogen and oxygen atoms in total. The van der Waals surface area contributed by atoms with Gasteiger partial charge in [0.15, 0.2) is 0 Å². The van der Waals surface area contributed by atoms with E-state index in [2.05, 4.69) is 144 Å². The summed E-state index contributed by atoms with van der Waals surface area (Å²) in [6.07, 6.45) is -1.22. The predicted octanol–water partition coefficient (Wildman–Crippen LogP) is 3.77. The molecular formula is C24H22BNP2. The molecule has 0 amide bonds. The van der Waals surface area contributed by atoms with Gasteiger partial charge in [0, 0.05) is 0 Å². The summed E-state index contributed by atoms with van der Waals surface area (Å²) in [5.74, 6) is 0. The van der Waals surface area contributed by atoms with Gasteiger partial charge >= 0.3 is 18.1 Å². The number of nitrogens with zero attached hydrogens (tertiary/aromatic N) is 1. The Morgan fingerprint density at radius 3 is 0.750 bits per heavy atom. The lowest BCUT2D eigenvalue weighted by Gasteiger charge is -2.44. The van der Waals surface area contributed by atoms with E-state index in [9.17, 15) is 0 Å². The normalized spacial score (nSPS) is 10.3. The molecule has 0 aliphatic rings. The second kappa shape index (κ2) is 9.98. The molecule has 0 N–H and O–H groups in total. The van der Waals surface area contributed by atoms with Crippen LogP contribution in [-0.4, -0.2) is 6.15 Å². The second-order valence-electron chi connectivity index (χ2n) is 6.62. The molecule has 0 aliphatic carbocycles. The summed E-state index contributed by atoms with van der Waals surface area (Å²) in [6.45, 7) is 0. The molecule has 4 aromatic carbocycles. The summed E-state index contributed by atoms with van der Waals surface area (Å²) in [6, 6.07) is 43.5. The molecular weight excluding hydrogens is 375 g/mol. The van der Waals surface area contributed by atoms with Crippen molar-refractivity contribution in [1.29, 1.82) is 0 Å². The van der Waals surface area contributed by atoms with Crippen LogP contribution in [0.1, 0.15) is 0 Å². The van der Waals surface area contributed by atoms with E-state index >= 15 is 0 Å². The molecule has 136 valence electrons. The van der Waals surface area contributed by atoms with Crippen LogP contribution in [0.15, 0.2) is 121 Å². The van der Waals surface area contributed by atoms with Crippen molar-refractivity contribution in [2.45, 2.75) is 0 Å². The second-order valence-corrected chi connectivity index (χ2v) is 7.51. The number of hydrogen-bond acceptors (Lipinski definition) is 0. The Morgan fingerprint density at radius 2 is 0.571 bits per heavy atom. The smallest absolute Gasteiger partial charge is 0.195 e. The first-order valence-electron chi connectivity index (χ1n) is 9.24. The van der Waals surface area contributed by atoms with Crippen LogP contribution in [0.3, 0.4) is 0 Å². The van der Waals surface area contributed by atoms with Gasteiger partial charge in [-0.25, -0.2) is 0 Å². The van der Waals surface area contributed by atoms with Crippen LogP contribution in [0.5, 0.6) is 0 Å². The Labute approximate surface area is 171 Å². The van der Waals surface area contributed by atoms with Crippen molar-refractivity contribution < 1.29 is 0 Å². The zero-order valence-electron chi connectivity index (χ0n) is 15.6. The van der Waals surface area contributed by atoms with Crippen molar-refractivity contribution in [1.82, 2.24) is 4.17 Å². The van der Waals surface area contributed by atoms with Gasteiger partial charge in [-0.05, 0) is 0 Å². The molecule has 0 atom stereocenters. The highest BCUT2D eigenvalue weighted by atomic mass is 31.0. The largest absolute Gasteiger partial charge is 0.346 e. The summed E-state index contributed by atoms with van der Waals surface area (Å²) in [5, 5.41) is 0. The topological polar surface area (TPSA) is 14.1 Å². The average molecular weight is 397 g/mol. The standard InChI is InChI=1S/C24H20B.H2NP2/c1-5-13-21(14-6-1)25(22-15-7-2-8-16-22,23-17-9-3-10-18-23)24-19-11-4-12-20-24;2-1-3/h1-20H;2-3H/q-1;+1. The molecule has 4 rings (SSSR count). The Hall–Kier alpha value is -2.75. The Kier molecular flexibility index (Phi) is 7.13. The fourth-order valence-electron chi connectivity index (χ4n) is 4.12. The first kappa shape index (κ1) is 20.0. The van der Waals surface area contributed by atoms with E-state index in [1.807, 2.05) is 0 Å². The summed E-state index contributed by atoms with van der Waals surface area (Å²) < 4.78 is 3.11. The SMILES string of the molecule is P=[N+]=P.c1ccc([B-](c2ccccc2)(c2ccccc2)c2ccccc2)cc1. The van der Waals surface area contributed by atoms with Gasteiger partial charge in [-0.2, -0.15) is 21.9 Å². The van der Waals surface area contributed by atoms with Gasteiger partial charge in [0.25, 0.3) is 0 Å². The Bertz CT molecular complexity index is 854. The summed E-state index contributed by atoms with van der Waals surface area (Å²) in [5.41, 5.74) is 5.36. The van der Waals surface area contributed by atoms with Gasteiger partial charge in [0.2, 0.25) is 0 Å². The predicted molar refractivity (Wildman–Crippen MR) is 129 cm³/mol. The zero-order chi connectivity index (χ0) is 19.7. The van der Waals surface area contributed by atoms with Crippen LogP contribution in [0.25, 0.3) is 0 Å². The number of rotatable bonds is 4. The molecule has 0 heterocycles. The van der Waals surface area contributed by atoms with Crippen LogP contribution in [0.4, 0.5) is 0 Å². The molecule has 0 bridgehead atoms. The molecule has 0 spiro atoms. The van der Waals surface area contributed by atoms with E-state index in [1.54, 1.807) is 0 Å². The number of hydrogen-bond donors (Lipinski definition) is 0. The van der Waals surface area contributed by atoms with Crippen LogP contribution < -0.4 is 26.0 Å². The highest BCUT2D eigenvalue weighted by Crippen LogP contribution is 2.09. The van der Waals surface area contributed by atoms with Crippen molar-refractivity contribution in [3.05, 3.63) is 121 Å². The van der Waals surface area contributed by atoms with Gasteiger partial charge in [0.1, 0.15) is 6.15 Å². The van der Waals surface area contributed by atoms with Gasteiger partial charge < -0.3 is 0 Å². The van der Waals surface area contributed by atoms with Crippen LogP contribution in [0, 0.1) is 0 Å². The first-order valence-corrected chi connectivity index (χ1v) is 10.1. The maximum atomic E-state index is 3.11. The van der Waals surface area contributed by atoms with Gasteiger partial charge in [0.05, 0.1) is 0 Å². The number of benzene rings is 4. The van der Waals surface area contributed by atoms with Crippen LogP contribution in [0.2, 0.25) is 0 Å². The minimum Gasteiger partial charge on any atom is -0.195 e. The maximum absolute atomic E-state index is 3.11. The fourth-order valence-corrected chi connectivity index (χ4v) is 4.12. The zero-order valence-corrected chi connectivity index (χ0v) is 17.6. The third-order valence-electron chi connectivity index (χ3n) is 5.20. The third-order valence-corrected chi connectivity index (χ3v) is 5.20. The molecule has 0 aromatic heterocycles. The van der Waals surface area contributed by atoms with Crippen molar-refractivity contribution >= 4 is 46.1 Å². The minimum atomic E-state index is -1.22. The quantitative estimate of drug-likeness (QED) is 0.283. The van der Waals surface area contributed by atoms with Crippen LogP contribution >= 0.6 is 18.1 Å². The van der Waals surface area contributed by atoms with E-state index in [1.165, 1.54) is 21.9 Å². The minimum absolute atomic E-state index is 1.22. The summed E-state index contributed by atoms with van der Waals surface area (Å²) >= 11 is 0. The molecule has 0 aliphatic heterocycles. The molecule has 28 heavy (non-hydrogen) atoms. The highest BCUT2D eigenvalue weighted by molar-refractivity contribution is 7.19. The molecule has 0 fully saturated rings.